The Labute approximate surface area is 144 Å². The van der Waals surface area contributed by atoms with Gasteiger partial charge in [-0.05, 0) is 32.0 Å². The van der Waals surface area contributed by atoms with E-state index in [1.807, 2.05) is 49.3 Å². The van der Waals surface area contributed by atoms with Crippen molar-refractivity contribution in [2.45, 2.75) is 12.8 Å². The highest BCUT2D eigenvalue weighted by Gasteiger charge is 2.30. The Morgan fingerprint density at radius 3 is 2.65 bits per heavy atom. The fraction of sp³-hybridized carbons (Fsp3) is 0.529. The van der Waals surface area contributed by atoms with Crippen molar-refractivity contribution in [3.63, 3.8) is 0 Å². The second-order valence-corrected chi connectivity index (χ2v) is 5.82. The predicted octanol–water partition coefficient (Wildman–Crippen LogP) is 1.64. The van der Waals surface area contributed by atoms with Crippen LogP contribution < -0.4 is 5.32 Å². The fourth-order valence-corrected chi connectivity index (χ4v) is 2.83. The minimum Gasteiger partial charge on any atom is -0.344 e. The Balaban J connectivity index is 0.00000264. The minimum atomic E-state index is -0.0803. The summed E-state index contributed by atoms with van der Waals surface area (Å²) in [6.45, 7) is 2.73. The first kappa shape index (κ1) is 19.5. The minimum absolute atomic E-state index is 0. The summed E-state index contributed by atoms with van der Waals surface area (Å²) in [4.78, 5) is 28.5. The summed E-state index contributed by atoms with van der Waals surface area (Å²) in [7, 11) is 3.71. The van der Waals surface area contributed by atoms with Gasteiger partial charge in [0.05, 0.1) is 5.92 Å². The number of piperidine rings is 1. The molecule has 1 aromatic carbocycles. The summed E-state index contributed by atoms with van der Waals surface area (Å²) in [5, 5.41) is 3.05. The van der Waals surface area contributed by atoms with Crippen LogP contribution in [-0.2, 0) is 4.79 Å². The number of halogens is 1. The van der Waals surface area contributed by atoms with Crippen LogP contribution >= 0.6 is 12.4 Å². The zero-order valence-corrected chi connectivity index (χ0v) is 14.6. The molecule has 0 radical (unpaired) electrons. The molecule has 0 aliphatic carbocycles. The quantitative estimate of drug-likeness (QED) is 0.887. The van der Waals surface area contributed by atoms with Crippen LogP contribution in [0.15, 0.2) is 30.3 Å². The lowest BCUT2D eigenvalue weighted by molar-refractivity contribution is -0.135. The van der Waals surface area contributed by atoms with E-state index in [4.69, 9.17) is 0 Å². The van der Waals surface area contributed by atoms with Crippen molar-refractivity contribution in [2.24, 2.45) is 5.92 Å². The maximum absolute atomic E-state index is 12.5. The molecule has 2 amide bonds. The normalized spacial score (nSPS) is 17.3. The van der Waals surface area contributed by atoms with Crippen LogP contribution in [0.25, 0.3) is 0 Å². The predicted molar refractivity (Wildman–Crippen MR) is 93.9 cm³/mol. The summed E-state index contributed by atoms with van der Waals surface area (Å²) in [6, 6.07) is 9.28. The van der Waals surface area contributed by atoms with Crippen molar-refractivity contribution in [3.8, 4) is 0 Å². The van der Waals surface area contributed by atoms with Gasteiger partial charge in [-0.25, -0.2) is 0 Å². The number of benzene rings is 1. The third-order valence-corrected chi connectivity index (χ3v) is 4.15. The first-order chi connectivity index (χ1) is 10.6. The number of hydrogen-bond acceptors (Lipinski definition) is 3. The number of nitrogens with zero attached hydrogens (tertiary/aromatic N) is 2. The molecule has 5 nitrogen and oxygen atoms in total. The number of nitrogens with one attached hydrogen (secondary N) is 1. The van der Waals surface area contributed by atoms with Crippen molar-refractivity contribution in [3.05, 3.63) is 35.9 Å². The third-order valence-electron chi connectivity index (χ3n) is 4.15. The smallest absolute Gasteiger partial charge is 0.253 e. The average molecular weight is 340 g/mol. The van der Waals surface area contributed by atoms with E-state index in [2.05, 4.69) is 5.32 Å². The van der Waals surface area contributed by atoms with Gasteiger partial charge < -0.3 is 15.1 Å². The van der Waals surface area contributed by atoms with Crippen molar-refractivity contribution < 1.29 is 9.59 Å². The summed E-state index contributed by atoms with van der Waals surface area (Å²) in [6.07, 6.45) is 1.75. The van der Waals surface area contributed by atoms with E-state index in [9.17, 15) is 9.59 Å². The monoisotopic (exact) mass is 339 g/mol. The van der Waals surface area contributed by atoms with Gasteiger partial charge >= 0.3 is 0 Å². The highest BCUT2D eigenvalue weighted by molar-refractivity contribution is 5.94. The molecule has 1 aromatic rings. The summed E-state index contributed by atoms with van der Waals surface area (Å²) >= 11 is 0. The Morgan fingerprint density at radius 2 is 2.00 bits per heavy atom. The molecule has 1 fully saturated rings. The molecule has 1 unspecified atom stereocenters. The van der Waals surface area contributed by atoms with Gasteiger partial charge in [0.15, 0.2) is 0 Å². The number of hydrogen-bond donors (Lipinski definition) is 1. The van der Waals surface area contributed by atoms with Crippen molar-refractivity contribution in [1.82, 2.24) is 15.1 Å². The molecule has 1 aliphatic rings. The van der Waals surface area contributed by atoms with E-state index < -0.39 is 0 Å². The molecular formula is C17H26ClN3O2. The van der Waals surface area contributed by atoms with Gasteiger partial charge in [0.2, 0.25) is 5.91 Å². The van der Waals surface area contributed by atoms with Crippen molar-refractivity contribution in [2.75, 3.05) is 40.3 Å². The molecule has 6 heteroatoms. The van der Waals surface area contributed by atoms with Gasteiger partial charge in [0.25, 0.3) is 5.91 Å². The van der Waals surface area contributed by atoms with E-state index in [1.54, 1.807) is 4.90 Å². The van der Waals surface area contributed by atoms with Crippen LogP contribution in [0.3, 0.4) is 0 Å². The number of amides is 2. The highest BCUT2D eigenvalue weighted by Crippen LogP contribution is 2.20. The van der Waals surface area contributed by atoms with Gasteiger partial charge in [-0.2, -0.15) is 0 Å². The zero-order chi connectivity index (χ0) is 15.9. The Morgan fingerprint density at radius 1 is 1.30 bits per heavy atom. The molecule has 2 rings (SSSR count). The summed E-state index contributed by atoms with van der Waals surface area (Å²) < 4.78 is 0. The van der Waals surface area contributed by atoms with Gasteiger partial charge in [-0.15, -0.1) is 12.4 Å². The molecule has 0 aromatic heterocycles. The van der Waals surface area contributed by atoms with Crippen LogP contribution in [0.2, 0.25) is 0 Å². The van der Waals surface area contributed by atoms with E-state index >= 15 is 0 Å². The molecule has 0 bridgehead atoms. The topological polar surface area (TPSA) is 52.7 Å². The number of carbonyl (C=O) groups is 2. The van der Waals surface area contributed by atoms with E-state index in [1.165, 1.54) is 0 Å². The molecule has 1 aliphatic heterocycles. The molecule has 1 N–H and O–H groups in total. The highest BCUT2D eigenvalue weighted by atomic mass is 35.5. The number of likely N-dealkylation sites (N-methyl/N-ethyl adjacent to an activating group) is 2. The van der Waals surface area contributed by atoms with Crippen LogP contribution in [-0.4, -0.2) is 61.9 Å². The molecule has 23 heavy (non-hydrogen) atoms. The maximum Gasteiger partial charge on any atom is 0.253 e. The van der Waals surface area contributed by atoms with E-state index in [-0.39, 0.29) is 30.1 Å². The zero-order valence-electron chi connectivity index (χ0n) is 13.8. The van der Waals surface area contributed by atoms with Crippen LogP contribution in [0.1, 0.15) is 23.2 Å². The van der Waals surface area contributed by atoms with E-state index in [0.29, 0.717) is 18.7 Å². The van der Waals surface area contributed by atoms with Crippen LogP contribution in [0.4, 0.5) is 0 Å². The third kappa shape index (κ3) is 5.22. The lowest BCUT2D eigenvalue weighted by Crippen LogP contribution is -2.46. The Bertz CT molecular complexity index is 510. The van der Waals surface area contributed by atoms with E-state index in [0.717, 1.165) is 25.9 Å². The summed E-state index contributed by atoms with van der Waals surface area (Å²) in [5.41, 5.74) is 0.694. The molecule has 1 saturated heterocycles. The van der Waals surface area contributed by atoms with Gasteiger partial charge in [-0.1, -0.05) is 18.2 Å². The average Bonchev–Trinajstić information content (AvgIpc) is 2.59. The first-order valence-electron chi connectivity index (χ1n) is 7.87. The second-order valence-electron chi connectivity index (χ2n) is 5.82. The number of rotatable bonds is 5. The largest absolute Gasteiger partial charge is 0.344 e. The van der Waals surface area contributed by atoms with Gasteiger partial charge in [0, 0.05) is 38.8 Å². The first-order valence-corrected chi connectivity index (χ1v) is 7.87. The van der Waals surface area contributed by atoms with Gasteiger partial charge in [0.1, 0.15) is 0 Å². The standard InChI is InChI=1S/C17H25N3O2.ClH/c1-18-10-12-19(2)16(21)15-9-6-11-20(13-15)17(22)14-7-4-3-5-8-14;/h3-5,7-8,15,18H,6,9-13H2,1-2H3;1H. The SMILES string of the molecule is CNCCN(C)C(=O)C1CCCN(C(=O)c2ccccc2)C1.Cl. The second kappa shape index (κ2) is 9.53. The number of likely N-dealkylation sites (tertiary alicyclic amines) is 1. The molecule has 0 spiro atoms. The van der Waals surface area contributed by atoms with Crippen LogP contribution in [0.5, 0.6) is 0 Å². The number of carbonyl (C=O) groups excluding carboxylic acids is 2. The maximum atomic E-state index is 12.5. The van der Waals surface area contributed by atoms with Crippen LogP contribution in [0, 0.1) is 5.92 Å². The fourth-order valence-electron chi connectivity index (χ4n) is 2.83. The molecule has 0 saturated carbocycles. The molecular weight excluding hydrogens is 314 g/mol. The summed E-state index contributed by atoms with van der Waals surface area (Å²) in [5.74, 6) is 0.0834. The molecule has 1 heterocycles. The lowest BCUT2D eigenvalue weighted by Gasteiger charge is -2.34. The molecule has 128 valence electrons. The van der Waals surface area contributed by atoms with Crippen molar-refractivity contribution in [1.29, 1.82) is 0 Å². The lowest BCUT2D eigenvalue weighted by atomic mass is 9.96. The van der Waals surface area contributed by atoms with Gasteiger partial charge in [-0.3, -0.25) is 9.59 Å². The molecule has 1 atom stereocenters. The Hall–Kier alpha value is -1.59. The van der Waals surface area contributed by atoms with Crippen molar-refractivity contribution >= 4 is 24.2 Å². The Kier molecular flexibility index (Phi) is 8.06.